The Bertz CT molecular complexity index is 682. The van der Waals surface area contributed by atoms with E-state index in [0.29, 0.717) is 10.0 Å². The molecule has 0 amide bonds. The lowest BCUT2D eigenvalue weighted by Gasteiger charge is -2.29. The second kappa shape index (κ2) is 5.60. The van der Waals surface area contributed by atoms with Gasteiger partial charge >= 0.3 is 0 Å². The van der Waals surface area contributed by atoms with Crippen molar-refractivity contribution in [1.29, 1.82) is 0 Å². The van der Waals surface area contributed by atoms with Gasteiger partial charge in [0.05, 0.1) is 11.9 Å². The monoisotopic (exact) mass is 318 g/mol. The molecule has 0 fully saturated rings. The summed E-state index contributed by atoms with van der Waals surface area (Å²) in [4.78, 5) is 3.84. The van der Waals surface area contributed by atoms with Crippen molar-refractivity contribution in [3.05, 3.63) is 70.3 Å². The molecule has 2 aromatic carbocycles. The minimum absolute atomic E-state index is 0.319. The van der Waals surface area contributed by atoms with Gasteiger partial charge in [0.2, 0.25) is 0 Å². The molecular formula is C16H14Cl2N3. The van der Waals surface area contributed by atoms with Gasteiger partial charge in [-0.05, 0) is 36.4 Å². The molecule has 107 valence electrons. The van der Waals surface area contributed by atoms with E-state index in [0.717, 1.165) is 16.9 Å². The van der Waals surface area contributed by atoms with Crippen LogP contribution in [0, 0.1) is 6.20 Å². The third kappa shape index (κ3) is 2.72. The zero-order valence-electron chi connectivity index (χ0n) is 11.4. The van der Waals surface area contributed by atoms with Crippen LogP contribution in [0.5, 0.6) is 0 Å². The molecule has 1 unspecified atom stereocenters. The van der Waals surface area contributed by atoms with Crippen molar-refractivity contribution < 1.29 is 0 Å². The van der Waals surface area contributed by atoms with Crippen LogP contribution >= 0.6 is 23.2 Å². The van der Waals surface area contributed by atoms with Crippen molar-refractivity contribution in [3.63, 3.8) is 0 Å². The van der Waals surface area contributed by atoms with Crippen LogP contribution in [0.2, 0.25) is 10.0 Å². The minimum atomic E-state index is -0.319. The molecule has 0 aromatic heterocycles. The molecule has 2 N–H and O–H groups in total. The number of nitrogens with zero attached hydrogens (tertiary/aromatic N) is 2. The third-order valence-electron chi connectivity index (χ3n) is 3.39. The van der Waals surface area contributed by atoms with E-state index in [1.807, 2.05) is 65.4 Å². The lowest BCUT2D eigenvalue weighted by molar-refractivity contribution is 0.355. The Labute approximate surface area is 134 Å². The summed E-state index contributed by atoms with van der Waals surface area (Å²) in [6.45, 7) is 0. The van der Waals surface area contributed by atoms with Crippen molar-refractivity contribution in [1.82, 2.24) is 4.90 Å². The smallest absolute Gasteiger partial charge is 0.159 e. The second-order valence-corrected chi connectivity index (χ2v) is 5.71. The number of halogens is 2. The first kappa shape index (κ1) is 14.3. The van der Waals surface area contributed by atoms with Gasteiger partial charge in [-0.2, -0.15) is 0 Å². The van der Waals surface area contributed by atoms with Crippen LogP contribution in [0.3, 0.4) is 0 Å². The predicted molar refractivity (Wildman–Crippen MR) is 87.8 cm³/mol. The summed E-state index contributed by atoms with van der Waals surface area (Å²) in [6.07, 6.45) is 2.95. The Morgan fingerprint density at radius 1 is 1.05 bits per heavy atom. The van der Waals surface area contributed by atoms with Gasteiger partial charge in [0.25, 0.3) is 0 Å². The van der Waals surface area contributed by atoms with E-state index in [1.54, 1.807) is 0 Å². The van der Waals surface area contributed by atoms with E-state index in [9.17, 15) is 0 Å². The van der Waals surface area contributed by atoms with E-state index >= 15 is 0 Å². The molecule has 0 spiro atoms. The van der Waals surface area contributed by atoms with Gasteiger partial charge in [-0.15, -0.1) is 0 Å². The topological polar surface area (TPSA) is 32.5 Å². The lowest BCUT2D eigenvalue weighted by Crippen LogP contribution is -2.45. The highest BCUT2D eigenvalue weighted by atomic mass is 35.5. The molecule has 1 aliphatic rings. The molecule has 3 nitrogen and oxygen atoms in total. The van der Waals surface area contributed by atoms with Gasteiger partial charge in [0, 0.05) is 28.3 Å². The molecule has 1 radical (unpaired) electrons. The first-order valence-electron chi connectivity index (χ1n) is 6.49. The maximum Gasteiger partial charge on any atom is 0.159 e. The molecule has 2 aromatic rings. The van der Waals surface area contributed by atoms with E-state index in [-0.39, 0.29) is 6.29 Å². The highest BCUT2D eigenvalue weighted by Gasteiger charge is 2.29. The lowest BCUT2D eigenvalue weighted by atomic mass is 10.1. The maximum absolute atomic E-state index is 6.26. The van der Waals surface area contributed by atoms with Gasteiger partial charge in [0.15, 0.2) is 6.29 Å². The zero-order valence-corrected chi connectivity index (χ0v) is 12.9. The number of nitrogens with two attached hydrogens (primary N) is 1. The molecule has 0 saturated carbocycles. The number of hydrogen-bond acceptors (Lipinski definition) is 3. The molecule has 1 aliphatic heterocycles. The highest BCUT2D eigenvalue weighted by molar-refractivity contribution is 6.31. The maximum atomic E-state index is 6.26. The number of rotatable bonds is 2. The van der Waals surface area contributed by atoms with Crippen LogP contribution < -0.4 is 10.6 Å². The Hall–Kier alpha value is -1.68. The summed E-state index contributed by atoms with van der Waals surface area (Å²) in [6, 6.07) is 15.2. The van der Waals surface area contributed by atoms with Crippen molar-refractivity contribution in [2.45, 2.75) is 6.29 Å². The average molecular weight is 319 g/mol. The van der Waals surface area contributed by atoms with E-state index in [2.05, 4.69) is 6.20 Å². The quantitative estimate of drug-likeness (QED) is 0.914. The molecule has 1 atom stereocenters. The Balaban J connectivity index is 2.05. The fraction of sp³-hybridized carbons (Fsp3) is 0.125. The summed E-state index contributed by atoms with van der Waals surface area (Å²) >= 11 is 12.0. The second-order valence-electron chi connectivity index (χ2n) is 4.84. The van der Waals surface area contributed by atoms with Crippen molar-refractivity contribution in [2.75, 3.05) is 11.9 Å². The first-order chi connectivity index (χ1) is 10.1. The molecule has 0 aliphatic carbocycles. The molecule has 0 saturated heterocycles. The van der Waals surface area contributed by atoms with Gasteiger partial charge in [-0.25, -0.2) is 0 Å². The van der Waals surface area contributed by atoms with Crippen LogP contribution in [0.25, 0.3) is 5.70 Å². The Morgan fingerprint density at radius 2 is 1.76 bits per heavy atom. The predicted octanol–water partition coefficient (Wildman–Crippen LogP) is 3.79. The largest absolute Gasteiger partial charge is 0.338 e. The molecule has 21 heavy (non-hydrogen) atoms. The van der Waals surface area contributed by atoms with Crippen molar-refractivity contribution >= 4 is 34.6 Å². The number of anilines is 1. The number of benzene rings is 2. The first-order valence-corrected chi connectivity index (χ1v) is 7.24. The summed E-state index contributed by atoms with van der Waals surface area (Å²) in [5.41, 5.74) is 9.07. The van der Waals surface area contributed by atoms with Crippen molar-refractivity contribution in [2.24, 2.45) is 5.73 Å². The van der Waals surface area contributed by atoms with Gasteiger partial charge < -0.3 is 9.80 Å². The standard InChI is InChI=1S/C16H14Cl2N3/c1-20-10-15(11-3-2-4-13(18)9-11)21(16(20)19)14-7-5-12(17)6-8-14/h2-9,16H,19H2,1H3. The molecular weight excluding hydrogens is 305 g/mol. The fourth-order valence-electron chi connectivity index (χ4n) is 2.32. The summed E-state index contributed by atoms with van der Waals surface area (Å²) < 4.78 is 0. The van der Waals surface area contributed by atoms with E-state index in [4.69, 9.17) is 28.9 Å². The van der Waals surface area contributed by atoms with Crippen LogP contribution in [-0.4, -0.2) is 18.2 Å². The molecule has 3 rings (SSSR count). The van der Waals surface area contributed by atoms with Crippen LogP contribution in [0.15, 0.2) is 48.5 Å². The normalized spacial score (nSPS) is 18.1. The summed E-state index contributed by atoms with van der Waals surface area (Å²) in [5, 5.41) is 1.37. The van der Waals surface area contributed by atoms with Crippen LogP contribution in [-0.2, 0) is 0 Å². The molecule has 5 heteroatoms. The van der Waals surface area contributed by atoms with E-state index < -0.39 is 0 Å². The van der Waals surface area contributed by atoms with Gasteiger partial charge in [-0.3, -0.25) is 5.73 Å². The zero-order chi connectivity index (χ0) is 15.0. The highest BCUT2D eigenvalue weighted by Crippen LogP contribution is 2.33. The summed E-state index contributed by atoms with van der Waals surface area (Å²) in [7, 11) is 1.89. The van der Waals surface area contributed by atoms with Gasteiger partial charge in [0.1, 0.15) is 0 Å². The van der Waals surface area contributed by atoms with Gasteiger partial charge in [-0.1, -0.05) is 35.3 Å². The third-order valence-corrected chi connectivity index (χ3v) is 3.87. The Morgan fingerprint density at radius 3 is 2.43 bits per heavy atom. The van der Waals surface area contributed by atoms with Crippen LogP contribution in [0.1, 0.15) is 5.56 Å². The SMILES string of the molecule is CN1[C]=C(c2cccc(Cl)c2)N(c2ccc(Cl)cc2)C1N. The van der Waals surface area contributed by atoms with Crippen LogP contribution in [0.4, 0.5) is 5.69 Å². The van der Waals surface area contributed by atoms with Crippen molar-refractivity contribution in [3.8, 4) is 0 Å². The number of hydrogen-bond donors (Lipinski definition) is 1. The summed E-state index contributed by atoms with van der Waals surface area (Å²) in [5.74, 6) is 0. The Kier molecular flexibility index (Phi) is 3.81. The molecule has 0 bridgehead atoms. The molecule has 1 heterocycles. The average Bonchev–Trinajstić information content (AvgIpc) is 2.76. The van der Waals surface area contributed by atoms with E-state index in [1.165, 1.54) is 0 Å². The fourth-order valence-corrected chi connectivity index (χ4v) is 2.63. The minimum Gasteiger partial charge on any atom is -0.338 e.